The fourth-order valence-electron chi connectivity index (χ4n) is 1.10. The van der Waals surface area contributed by atoms with Gasteiger partial charge in [-0.1, -0.05) is 20.8 Å². The molecule has 2 nitrogen and oxygen atoms in total. The van der Waals surface area contributed by atoms with Crippen LogP contribution in [0.2, 0.25) is 0 Å². The van der Waals surface area contributed by atoms with Crippen LogP contribution in [0.1, 0.15) is 40.0 Å². The molecular weight excluding hydrogens is 150 g/mol. The molecule has 0 aromatic rings. The molecule has 0 heterocycles. The van der Waals surface area contributed by atoms with E-state index in [-0.39, 0.29) is 11.3 Å². The van der Waals surface area contributed by atoms with Crippen molar-refractivity contribution in [3.05, 3.63) is 0 Å². The van der Waals surface area contributed by atoms with E-state index >= 15 is 0 Å². The first-order valence-electron chi connectivity index (χ1n) is 4.83. The molecule has 12 heavy (non-hydrogen) atoms. The highest BCUT2D eigenvalue weighted by Crippen LogP contribution is 2.44. The second-order valence-corrected chi connectivity index (χ2v) is 4.50. The van der Waals surface area contributed by atoms with Crippen LogP contribution in [0.15, 0.2) is 0 Å². The van der Waals surface area contributed by atoms with E-state index in [0.717, 1.165) is 25.8 Å². The van der Waals surface area contributed by atoms with Crippen LogP contribution >= 0.6 is 0 Å². The largest absolute Gasteiger partial charge is 0.356 e. The van der Waals surface area contributed by atoms with Crippen LogP contribution in [0.3, 0.4) is 0 Å². The lowest BCUT2D eigenvalue weighted by atomic mass is 10.1. The Morgan fingerprint density at radius 1 is 1.50 bits per heavy atom. The third-order valence-corrected chi connectivity index (χ3v) is 2.56. The standard InChI is InChI=1S/C10H19NO/c1-8(2)4-7-11-9(12)10(3)5-6-10/h8H,4-7H2,1-3H3,(H,11,12). The Balaban J connectivity index is 2.11. The van der Waals surface area contributed by atoms with Gasteiger partial charge in [0, 0.05) is 12.0 Å². The summed E-state index contributed by atoms with van der Waals surface area (Å²) in [5.41, 5.74) is -0.00300. The van der Waals surface area contributed by atoms with E-state index in [2.05, 4.69) is 19.2 Å². The van der Waals surface area contributed by atoms with E-state index in [1.54, 1.807) is 0 Å². The van der Waals surface area contributed by atoms with Crippen molar-refractivity contribution in [2.75, 3.05) is 6.54 Å². The highest BCUT2D eigenvalue weighted by atomic mass is 16.2. The molecule has 0 spiro atoms. The molecule has 2 heteroatoms. The number of hydrogen-bond donors (Lipinski definition) is 1. The lowest BCUT2D eigenvalue weighted by Gasteiger charge is -2.10. The molecule has 1 fully saturated rings. The Bertz CT molecular complexity index is 171. The summed E-state index contributed by atoms with van der Waals surface area (Å²) in [6.07, 6.45) is 3.23. The minimum Gasteiger partial charge on any atom is -0.356 e. The first-order valence-corrected chi connectivity index (χ1v) is 4.83. The molecule has 0 atom stereocenters. The van der Waals surface area contributed by atoms with Gasteiger partial charge in [-0.2, -0.15) is 0 Å². The van der Waals surface area contributed by atoms with Crippen molar-refractivity contribution >= 4 is 5.91 Å². The molecule has 1 aliphatic carbocycles. The molecule has 1 N–H and O–H groups in total. The molecule has 1 rings (SSSR count). The fourth-order valence-corrected chi connectivity index (χ4v) is 1.10. The van der Waals surface area contributed by atoms with Gasteiger partial charge in [0.2, 0.25) is 5.91 Å². The molecule has 0 unspecified atom stereocenters. The van der Waals surface area contributed by atoms with Crippen LogP contribution in [0.4, 0.5) is 0 Å². The van der Waals surface area contributed by atoms with Gasteiger partial charge in [0.15, 0.2) is 0 Å². The third-order valence-electron chi connectivity index (χ3n) is 2.56. The molecule has 0 aliphatic heterocycles. The molecule has 70 valence electrons. The SMILES string of the molecule is CC(C)CCNC(=O)C1(C)CC1. The maximum atomic E-state index is 11.4. The number of carbonyl (C=O) groups excluding carboxylic acids is 1. The Kier molecular flexibility index (Phi) is 2.76. The lowest BCUT2D eigenvalue weighted by molar-refractivity contribution is -0.125. The summed E-state index contributed by atoms with van der Waals surface area (Å²) in [6.45, 7) is 7.22. The van der Waals surface area contributed by atoms with Crippen LogP contribution in [-0.2, 0) is 4.79 Å². The van der Waals surface area contributed by atoms with E-state index < -0.39 is 0 Å². The van der Waals surface area contributed by atoms with Crippen molar-refractivity contribution in [1.82, 2.24) is 5.32 Å². The summed E-state index contributed by atoms with van der Waals surface area (Å²) in [6, 6.07) is 0. The Labute approximate surface area is 74.7 Å². The monoisotopic (exact) mass is 169 g/mol. The zero-order chi connectivity index (χ0) is 9.19. The molecule has 0 aromatic heterocycles. The smallest absolute Gasteiger partial charge is 0.225 e. The van der Waals surface area contributed by atoms with E-state index in [1.165, 1.54) is 0 Å². The third kappa shape index (κ3) is 2.50. The summed E-state index contributed by atoms with van der Waals surface area (Å²) in [5.74, 6) is 0.931. The van der Waals surface area contributed by atoms with Crippen molar-refractivity contribution in [3.63, 3.8) is 0 Å². The minimum atomic E-state index is -0.00300. The van der Waals surface area contributed by atoms with Gasteiger partial charge in [-0.05, 0) is 25.2 Å². The maximum absolute atomic E-state index is 11.4. The van der Waals surface area contributed by atoms with Gasteiger partial charge in [-0.3, -0.25) is 4.79 Å². The highest BCUT2D eigenvalue weighted by molar-refractivity contribution is 5.84. The number of rotatable bonds is 4. The summed E-state index contributed by atoms with van der Waals surface area (Å²) < 4.78 is 0. The molecule has 1 saturated carbocycles. The summed E-state index contributed by atoms with van der Waals surface area (Å²) in [5, 5.41) is 2.98. The average molecular weight is 169 g/mol. The molecule has 1 aliphatic rings. The molecule has 0 aromatic carbocycles. The summed E-state index contributed by atoms with van der Waals surface area (Å²) in [4.78, 5) is 11.4. The number of nitrogens with one attached hydrogen (secondary N) is 1. The zero-order valence-electron chi connectivity index (χ0n) is 8.31. The van der Waals surface area contributed by atoms with Crippen molar-refractivity contribution < 1.29 is 4.79 Å². The van der Waals surface area contributed by atoms with Crippen LogP contribution in [0.5, 0.6) is 0 Å². The van der Waals surface area contributed by atoms with Gasteiger partial charge in [-0.25, -0.2) is 0 Å². The normalized spacial score (nSPS) is 19.3. The molecule has 0 radical (unpaired) electrons. The second-order valence-electron chi connectivity index (χ2n) is 4.50. The van der Waals surface area contributed by atoms with Gasteiger partial charge >= 0.3 is 0 Å². The van der Waals surface area contributed by atoms with Gasteiger partial charge < -0.3 is 5.32 Å². The highest BCUT2D eigenvalue weighted by Gasteiger charge is 2.44. The average Bonchev–Trinajstić information content (AvgIpc) is 2.68. The predicted molar refractivity (Wildman–Crippen MR) is 49.8 cm³/mol. The Morgan fingerprint density at radius 2 is 2.08 bits per heavy atom. The van der Waals surface area contributed by atoms with E-state index in [1.807, 2.05) is 6.92 Å². The number of amides is 1. The maximum Gasteiger partial charge on any atom is 0.225 e. The minimum absolute atomic E-state index is 0.00300. The van der Waals surface area contributed by atoms with Crippen LogP contribution in [-0.4, -0.2) is 12.5 Å². The summed E-state index contributed by atoms with van der Waals surface area (Å²) >= 11 is 0. The Hall–Kier alpha value is -0.530. The zero-order valence-corrected chi connectivity index (χ0v) is 8.31. The quantitative estimate of drug-likeness (QED) is 0.684. The Morgan fingerprint density at radius 3 is 2.50 bits per heavy atom. The van der Waals surface area contributed by atoms with Gasteiger partial charge in [0.25, 0.3) is 0 Å². The first-order chi connectivity index (χ1) is 5.54. The van der Waals surface area contributed by atoms with E-state index in [9.17, 15) is 4.79 Å². The first kappa shape index (κ1) is 9.56. The molecule has 0 bridgehead atoms. The molecule has 1 amide bonds. The summed E-state index contributed by atoms with van der Waals surface area (Å²) in [7, 11) is 0. The fraction of sp³-hybridized carbons (Fsp3) is 0.900. The number of hydrogen-bond acceptors (Lipinski definition) is 1. The van der Waals surface area contributed by atoms with Crippen molar-refractivity contribution in [2.24, 2.45) is 11.3 Å². The molecule has 0 saturated heterocycles. The van der Waals surface area contributed by atoms with Crippen LogP contribution < -0.4 is 5.32 Å². The van der Waals surface area contributed by atoms with Crippen molar-refractivity contribution in [2.45, 2.75) is 40.0 Å². The van der Waals surface area contributed by atoms with Crippen molar-refractivity contribution in [1.29, 1.82) is 0 Å². The molecular formula is C10H19NO. The van der Waals surface area contributed by atoms with Gasteiger partial charge in [-0.15, -0.1) is 0 Å². The van der Waals surface area contributed by atoms with E-state index in [4.69, 9.17) is 0 Å². The van der Waals surface area contributed by atoms with E-state index in [0.29, 0.717) is 5.92 Å². The predicted octanol–water partition coefficient (Wildman–Crippen LogP) is 1.95. The lowest BCUT2D eigenvalue weighted by Crippen LogP contribution is -2.31. The van der Waals surface area contributed by atoms with Crippen LogP contribution in [0.25, 0.3) is 0 Å². The van der Waals surface area contributed by atoms with Gasteiger partial charge in [0.1, 0.15) is 0 Å². The topological polar surface area (TPSA) is 29.1 Å². The van der Waals surface area contributed by atoms with Crippen molar-refractivity contribution in [3.8, 4) is 0 Å². The van der Waals surface area contributed by atoms with Gasteiger partial charge in [0.05, 0.1) is 0 Å². The number of carbonyl (C=O) groups is 1. The second kappa shape index (κ2) is 3.46. The van der Waals surface area contributed by atoms with Crippen LogP contribution in [0, 0.1) is 11.3 Å².